The van der Waals surface area contributed by atoms with Crippen LogP contribution in [0.4, 0.5) is 0 Å². The molecule has 0 rings (SSSR count). The maximum absolute atomic E-state index is 6.60. The van der Waals surface area contributed by atoms with Crippen LogP contribution in [0.5, 0.6) is 0 Å². The predicted octanol–water partition coefficient (Wildman–Crippen LogP) is 0.373. The summed E-state index contributed by atoms with van der Waals surface area (Å²) in [6, 6.07) is 0. The molecule has 0 saturated carbocycles. The lowest BCUT2D eigenvalue weighted by Gasteiger charge is -2.07. The first-order valence-corrected chi connectivity index (χ1v) is 1.87. The molecule has 0 aromatic rings. The van der Waals surface area contributed by atoms with E-state index in [1.807, 2.05) is 0 Å². The zero-order valence-electron chi connectivity index (χ0n) is 4.15. The van der Waals surface area contributed by atoms with Crippen LogP contribution in [0.15, 0.2) is 0 Å². The smallest absolute Gasteiger partial charge is 0.0449 e. The Kier molecular flexibility index (Phi) is 1.30. The fraction of sp³-hybridized carbons (Fsp3) is 0.750. The molecular formula is C4H10N2. The second-order valence-corrected chi connectivity index (χ2v) is 1.97. The third-order valence-electron chi connectivity index (χ3n) is 0.372. The minimum Gasteiger partial charge on any atom is -0.321 e. The Morgan fingerprint density at radius 3 is 1.83 bits per heavy atom. The lowest BCUT2D eigenvalue weighted by atomic mass is 10.1. The molecule has 0 atom stereocenters. The van der Waals surface area contributed by atoms with Gasteiger partial charge in [0.25, 0.3) is 0 Å². The first-order chi connectivity index (χ1) is 2.56. The van der Waals surface area contributed by atoms with Gasteiger partial charge in [0.1, 0.15) is 0 Å². The Bertz CT molecular complexity index is 51.1. The normalized spacial score (nSPS) is 11.2. The van der Waals surface area contributed by atoms with Crippen LogP contribution in [0.25, 0.3) is 0 Å². The van der Waals surface area contributed by atoms with E-state index in [9.17, 15) is 0 Å². The van der Waals surface area contributed by atoms with Crippen molar-refractivity contribution < 1.29 is 0 Å². The summed E-state index contributed by atoms with van der Waals surface area (Å²) in [5.41, 5.74) is 4.87. The third kappa shape index (κ3) is 3.63. The summed E-state index contributed by atoms with van der Waals surface area (Å²) in [5.74, 6) is 0. The van der Waals surface area contributed by atoms with Crippen LogP contribution in [-0.2, 0) is 0 Å². The highest BCUT2D eigenvalue weighted by atomic mass is 14.7. The molecule has 2 nitrogen and oxygen atoms in total. The van der Waals surface area contributed by atoms with Gasteiger partial charge in [-0.2, -0.15) is 0 Å². The van der Waals surface area contributed by atoms with Crippen molar-refractivity contribution in [2.45, 2.75) is 19.4 Å². The number of nitrogens with two attached hydrogens (primary N) is 1. The predicted molar refractivity (Wildman–Crippen MR) is 27.1 cm³/mol. The number of nitrogens with one attached hydrogen (secondary N) is 1. The van der Waals surface area contributed by atoms with Gasteiger partial charge in [-0.3, -0.25) is 0 Å². The molecule has 0 aliphatic carbocycles. The van der Waals surface area contributed by atoms with E-state index in [2.05, 4.69) is 0 Å². The second kappa shape index (κ2) is 1.39. The lowest BCUT2D eigenvalue weighted by molar-refractivity contribution is 0.711. The van der Waals surface area contributed by atoms with Crippen LogP contribution in [0.2, 0.25) is 0 Å². The van der Waals surface area contributed by atoms with Gasteiger partial charge < -0.3 is 11.1 Å². The first-order valence-electron chi connectivity index (χ1n) is 1.87. The summed E-state index contributed by atoms with van der Waals surface area (Å²) >= 11 is 0. The van der Waals surface area contributed by atoms with Crippen molar-refractivity contribution >= 4 is 6.21 Å². The minimum atomic E-state index is -0.417. The molecule has 0 unspecified atom stereocenters. The second-order valence-electron chi connectivity index (χ2n) is 1.97. The number of hydrogen-bond donors (Lipinski definition) is 2. The highest BCUT2D eigenvalue weighted by Crippen LogP contribution is 1.86. The molecular weight excluding hydrogens is 76.1 g/mol. The van der Waals surface area contributed by atoms with Crippen molar-refractivity contribution in [1.29, 1.82) is 5.41 Å². The maximum atomic E-state index is 6.60. The van der Waals surface area contributed by atoms with Gasteiger partial charge >= 0.3 is 0 Å². The Balaban J connectivity index is 3.45. The summed E-state index contributed by atoms with van der Waals surface area (Å²) in [7, 11) is 0. The van der Waals surface area contributed by atoms with Crippen molar-refractivity contribution in [2.75, 3.05) is 0 Å². The van der Waals surface area contributed by atoms with Gasteiger partial charge in [0.05, 0.1) is 0 Å². The Morgan fingerprint density at radius 2 is 1.83 bits per heavy atom. The van der Waals surface area contributed by atoms with Crippen LogP contribution in [0.1, 0.15) is 13.8 Å². The molecule has 2 heteroatoms. The quantitative estimate of drug-likeness (QED) is 0.445. The van der Waals surface area contributed by atoms with E-state index in [0.717, 1.165) is 0 Å². The van der Waals surface area contributed by atoms with E-state index < -0.39 is 5.54 Å². The molecule has 0 aromatic carbocycles. The van der Waals surface area contributed by atoms with Gasteiger partial charge in [0.15, 0.2) is 0 Å². The molecule has 3 N–H and O–H groups in total. The van der Waals surface area contributed by atoms with E-state index in [4.69, 9.17) is 11.1 Å². The summed E-state index contributed by atoms with van der Waals surface area (Å²) in [4.78, 5) is 0. The van der Waals surface area contributed by atoms with Gasteiger partial charge in [-0.05, 0) is 13.8 Å². The average Bonchev–Trinajstić information content (AvgIpc) is 1.35. The molecule has 0 aliphatic rings. The van der Waals surface area contributed by atoms with Crippen LogP contribution in [0.3, 0.4) is 0 Å². The number of hydrogen-bond acceptors (Lipinski definition) is 2. The van der Waals surface area contributed by atoms with E-state index in [1.165, 1.54) is 6.21 Å². The van der Waals surface area contributed by atoms with Crippen LogP contribution in [0, 0.1) is 5.41 Å². The topological polar surface area (TPSA) is 49.9 Å². The molecule has 0 radical (unpaired) electrons. The Labute approximate surface area is 37.9 Å². The van der Waals surface area contributed by atoms with Crippen LogP contribution >= 0.6 is 0 Å². The molecule has 0 amide bonds. The summed E-state index contributed by atoms with van der Waals surface area (Å²) in [5, 5.41) is 6.60. The largest absolute Gasteiger partial charge is 0.321 e. The molecule has 0 aliphatic heterocycles. The number of rotatable bonds is 1. The Morgan fingerprint density at radius 1 is 1.67 bits per heavy atom. The van der Waals surface area contributed by atoms with Gasteiger partial charge in [-0.1, -0.05) is 0 Å². The van der Waals surface area contributed by atoms with E-state index in [1.54, 1.807) is 13.8 Å². The SMILES string of the molecule is CC(C)(N)C=N. The molecule has 0 heterocycles. The first kappa shape index (κ1) is 5.63. The van der Waals surface area contributed by atoms with Gasteiger partial charge in [-0.15, -0.1) is 0 Å². The molecule has 0 fully saturated rings. The fourth-order valence-electron chi connectivity index (χ4n) is 0. The fourth-order valence-corrected chi connectivity index (χ4v) is 0. The average molecular weight is 86.1 g/mol. The highest BCUT2D eigenvalue weighted by molar-refractivity contribution is 5.64. The summed E-state index contributed by atoms with van der Waals surface area (Å²) in [6.45, 7) is 3.56. The van der Waals surface area contributed by atoms with Crippen molar-refractivity contribution in [3.8, 4) is 0 Å². The molecule has 0 bridgehead atoms. The van der Waals surface area contributed by atoms with E-state index >= 15 is 0 Å². The monoisotopic (exact) mass is 86.1 g/mol. The van der Waals surface area contributed by atoms with Crippen molar-refractivity contribution in [3.63, 3.8) is 0 Å². The zero-order chi connectivity index (χ0) is 5.21. The minimum absolute atomic E-state index is 0.417. The lowest BCUT2D eigenvalue weighted by Crippen LogP contribution is -2.32. The summed E-state index contributed by atoms with van der Waals surface area (Å²) < 4.78 is 0. The van der Waals surface area contributed by atoms with Crippen LogP contribution in [-0.4, -0.2) is 11.8 Å². The molecule has 36 valence electrons. The zero-order valence-corrected chi connectivity index (χ0v) is 4.15. The van der Waals surface area contributed by atoms with Crippen molar-refractivity contribution in [3.05, 3.63) is 0 Å². The highest BCUT2D eigenvalue weighted by Gasteiger charge is 2.01. The van der Waals surface area contributed by atoms with E-state index in [-0.39, 0.29) is 0 Å². The third-order valence-corrected chi connectivity index (χ3v) is 0.372. The van der Waals surface area contributed by atoms with Crippen LogP contribution < -0.4 is 5.73 Å². The molecule has 0 spiro atoms. The van der Waals surface area contributed by atoms with Gasteiger partial charge in [-0.25, -0.2) is 0 Å². The van der Waals surface area contributed by atoms with Crippen molar-refractivity contribution in [1.82, 2.24) is 0 Å². The summed E-state index contributed by atoms with van der Waals surface area (Å²) in [6.07, 6.45) is 1.22. The van der Waals surface area contributed by atoms with Crippen molar-refractivity contribution in [2.24, 2.45) is 5.73 Å². The molecule has 0 saturated heterocycles. The Hall–Kier alpha value is -0.370. The van der Waals surface area contributed by atoms with Gasteiger partial charge in [0.2, 0.25) is 0 Å². The van der Waals surface area contributed by atoms with Gasteiger partial charge in [0, 0.05) is 11.8 Å². The molecule has 6 heavy (non-hydrogen) atoms. The molecule has 0 aromatic heterocycles. The van der Waals surface area contributed by atoms with E-state index in [0.29, 0.717) is 0 Å². The standard InChI is InChI=1S/C4H10N2/c1-4(2,6)3-5/h3,5H,6H2,1-2H3. The maximum Gasteiger partial charge on any atom is 0.0449 e.